The Kier molecular flexibility index (Phi) is 4.57. The van der Waals surface area contributed by atoms with Gasteiger partial charge in [-0.1, -0.05) is 6.92 Å². The van der Waals surface area contributed by atoms with Crippen LogP contribution in [0.25, 0.3) is 10.6 Å². The number of hydrogen-bond donors (Lipinski definition) is 1. The second kappa shape index (κ2) is 6.38. The van der Waals surface area contributed by atoms with Crippen molar-refractivity contribution in [3.8, 4) is 22.1 Å². The highest BCUT2D eigenvalue weighted by molar-refractivity contribution is 7.13. The fourth-order valence-corrected chi connectivity index (χ4v) is 2.43. The van der Waals surface area contributed by atoms with E-state index in [0.29, 0.717) is 23.1 Å². The second-order valence-corrected chi connectivity index (χ2v) is 4.92. The third-order valence-corrected chi connectivity index (χ3v) is 3.49. The highest BCUT2D eigenvalue weighted by Crippen LogP contribution is 2.33. The molecule has 0 aliphatic rings. The van der Waals surface area contributed by atoms with Crippen molar-refractivity contribution in [1.82, 2.24) is 4.98 Å². The first-order valence-electron chi connectivity index (χ1n) is 6.15. The molecule has 0 saturated carbocycles. The lowest BCUT2D eigenvalue weighted by Gasteiger charge is -2.10. The molecule has 0 radical (unpaired) electrons. The molecule has 0 aliphatic heterocycles. The van der Waals surface area contributed by atoms with Crippen molar-refractivity contribution in [2.75, 3.05) is 13.7 Å². The maximum absolute atomic E-state index is 10.8. The monoisotopic (exact) mass is 293 g/mol. The smallest absolute Gasteiger partial charge is 0.355 e. The molecule has 0 unspecified atom stereocenters. The normalized spacial score (nSPS) is 10.3. The number of carboxylic acid groups (broad SMARTS) is 1. The molecule has 0 atom stereocenters. The zero-order chi connectivity index (χ0) is 14.5. The Morgan fingerprint density at radius 1 is 1.40 bits per heavy atom. The standard InChI is InChI=1S/C14H15NO4S/c1-3-6-19-11-5-4-9(7-12(11)18-2)13-15-10(8-20-13)14(16)17/h4-5,7-8H,3,6H2,1-2H3,(H,16,17). The number of carbonyl (C=O) groups is 1. The van der Waals surface area contributed by atoms with Crippen molar-refractivity contribution in [1.29, 1.82) is 0 Å². The molecule has 0 saturated heterocycles. The van der Waals surface area contributed by atoms with E-state index in [9.17, 15) is 4.79 Å². The number of carboxylic acids is 1. The van der Waals surface area contributed by atoms with Gasteiger partial charge in [0.25, 0.3) is 0 Å². The van der Waals surface area contributed by atoms with Gasteiger partial charge in [0.15, 0.2) is 17.2 Å². The SMILES string of the molecule is CCCOc1ccc(-c2nc(C(=O)O)cs2)cc1OC. The molecule has 2 rings (SSSR count). The lowest BCUT2D eigenvalue weighted by atomic mass is 10.2. The van der Waals surface area contributed by atoms with Gasteiger partial charge in [0.1, 0.15) is 5.01 Å². The van der Waals surface area contributed by atoms with Crippen molar-refractivity contribution >= 4 is 17.3 Å². The molecule has 106 valence electrons. The second-order valence-electron chi connectivity index (χ2n) is 4.06. The van der Waals surface area contributed by atoms with Gasteiger partial charge in [0.05, 0.1) is 13.7 Å². The maximum Gasteiger partial charge on any atom is 0.355 e. The molecule has 0 spiro atoms. The summed E-state index contributed by atoms with van der Waals surface area (Å²) in [4.78, 5) is 14.9. The van der Waals surface area contributed by atoms with Gasteiger partial charge in [-0.3, -0.25) is 0 Å². The Hall–Kier alpha value is -2.08. The van der Waals surface area contributed by atoms with Crippen LogP contribution in [0.1, 0.15) is 23.8 Å². The summed E-state index contributed by atoms with van der Waals surface area (Å²) < 4.78 is 10.9. The molecule has 0 fully saturated rings. The summed E-state index contributed by atoms with van der Waals surface area (Å²) >= 11 is 1.29. The molecule has 1 aromatic carbocycles. The molecule has 6 heteroatoms. The van der Waals surface area contributed by atoms with E-state index in [0.717, 1.165) is 12.0 Å². The molecule has 1 heterocycles. The van der Waals surface area contributed by atoms with Crippen LogP contribution in [-0.4, -0.2) is 29.8 Å². The Balaban J connectivity index is 2.30. The Morgan fingerprint density at radius 3 is 2.80 bits per heavy atom. The number of aromatic nitrogens is 1. The van der Waals surface area contributed by atoms with Gasteiger partial charge in [-0.15, -0.1) is 11.3 Å². The summed E-state index contributed by atoms with van der Waals surface area (Å²) in [5.74, 6) is 0.263. The summed E-state index contributed by atoms with van der Waals surface area (Å²) in [6.45, 7) is 2.65. The molecular formula is C14H15NO4S. The first-order valence-corrected chi connectivity index (χ1v) is 7.03. The van der Waals surface area contributed by atoms with E-state index in [2.05, 4.69) is 4.98 Å². The zero-order valence-corrected chi connectivity index (χ0v) is 12.1. The van der Waals surface area contributed by atoms with Crippen LogP contribution in [0.15, 0.2) is 23.6 Å². The average molecular weight is 293 g/mol. The molecule has 0 aliphatic carbocycles. The fraction of sp³-hybridized carbons (Fsp3) is 0.286. The Morgan fingerprint density at radius 2 is 2.20 bits per heavy atom. The molecule has 2 aromatic rings. The average Bonchev–Trinajstić information content (AvgIpc) is 2.95. The number of hydrogen-bond acceptors (Lipinski definition) is 5. The number of rotatable bonds is 6. The van der Waals surface area contributed by atoms with Crippen molar-refractivity contribution in [3.63, 3.8) is 0 Å². The summed E-state index contributed by atoms with van der Waals surface area (Å²) in [5.41, 5.74) is 0.860. The molecule has 1 N–H and O–H groups in total. The minimum Gasteiger partial charge on any atom is -0.493 e. The number of thiazole rings is 1. The number of benzene rings is 1. The van der Waals surface area contributed by atoms with E-state index >= 15 is 0 Å². The van der Waals surface area contributed by atoms with Crippen LogP contribution in [0.3, 0.4) is 0 Å². The van der Waals surface area contributed by atoms with Crippen LogP contribution in [0, 0.1) is 0 Å². The van der Waals surface area contributed by atoms with E-state index in [1.807, 2.05) is 19.1 Å². The third kappa shape index (κ3) is 3.08. The molecule has 5 nitrogen and oxygen atoms in total. The Bertz CT molecular complexity index is 609. The van der Waals surface area contributed by atoms with Gasteiger partial charge in [0, 0.05) is 10.9 Å². The highest BCUT2D eigenvalue weighted by Gasteiger charge is 2.12. The maximum atomic E-state index is 10.8. The quantitative estimate of drug-likeness (QED) is 0.885. The van der Waals surface area contributed by atoms with Crippen LogP contribution in [0.4, 0.5) is 0 Å². The van der Waals surface area contributed by atoms with Crippen molar-refractivity contribution in [2.24, 2.45) is 0 Å². The van der Waals surface area contributed by atoms with Crippen LogP contribution < -0.4 is 9.47 Å². The van der Waals surface area contributed by atoms with Gasteiger partial charge in [0.2, 0.25) is 0 Å². The van der Waals surface area contributed by atoms with Crippen molar-refractivity contribution < 1.29 is 19.4 Å². The number of methoxy groups -OCH3 is 1. The Labute approximate surface area is 120 Å². The predicted molar refractivity (Wildman–Crippen MR) is 76.8 cm³/mol. The van der Waals surface area contributed by atoms with Crippen LogP contribution in [0.5, 0.6) is 11.5 Å². The lowest BCUT2D eigenvalue weighted by molar-refractivity contribution is 0.0691. The summed E-state index contributed by atoms with van der Waals surface area (Å²) in [7, 11) is 1.57. The lowest BCUT2D eigenvalue weighted by Crippen LogP contribution is -1.98. The van der Waals surface area contributed by atoms with Crippen LogP contribution in [-0.2, 0) is 0 Å². The topological polar surface area (TPSA) is 68.7 Å². The number of ether oxygens (including phenoxy) is 2. The van der Waals surface area contributed by atoms with Gasteiger partial charge in [-0.25, -0.2) is 9.78 Å². The van der Waals surface area contributed by atoms with E-state index in [-0.39, 0.29) is 5.69 Å². The first kappa shape index (κ1) is 14.3. The molecule has 20 heavy (non-hydrogen) atoms. The van der Waals surface area contributed by atoms with Gasteiger partial charge in [-0.2, -0.15) is 0 Å². The van der Waals surface area contributed by atoms with E-state index < -0.39 is 5.97 Å². The molecule has 1 aromatic heterocycles. The van der Waals surface area contributed by atoms with Crippen molar-refractivity contribution in [2.45, 2.75) is 13.3 Å². The van der Waals surface area contributed by atoms with Crippen LogP contribution >= 0.6 is 11.3 Å². The minimum atomic E-state index is -1.03. The number of nitrogens with zero attached hydrogens (tertiary/aromatic N) is 1. The van der Waals surface area contributed by atoms with E-state index in [1.165, 1.54) is 16.7 Å². The summed E-state index contributed by atoms with van der Waals surface area (Å²) in [6, 6.07) is 5.46. The molecular weight excluding hydrogens is 278 g/mol. The number of aromatic carboxylic acids is 1. The van der Waals surface area contributed by atoms with Gasteiger partial charge < -0.3 is 14.6 Å². The predicted octanol–water partition coefficient (Wildman–Crippen LogP) is 3.31. The zero-order valence-electron chi connectivity index (χ0n) is 11.3. The summed E-state index contributed by atoms with van der Waals surface area (Å²) in [6.07, 6.45) is 0.916. The molecule has 0 amide bonds. The third-order valence-electron chi connectivity index (χ3n) is 2.60. The van der Waals surface area contributed by atoms with Gasteiger partial charge in [-0.05, 0) is 24.6 Å². The summed E-state index contributed by atoms with van der Waals surface area (Å²) in [5, 5.41) is 11.0. The van der Waals surface area contributed by atoms with Crippen molar-refractivity contribution in [3.05, 3.63) is 29.3 Å². The largest absolute Gasteiger partial charge is 0.493 e. The minimum absolute atomic E-state index is 0.0512. The molecule has 0 bridgehead atoms. The van der Waals surface area contributed by atoms with E-state index in [4.69, 9.17) is 14.6 Å². The fourth-order valence-electron chi connectivity index (χ4n) is 1.64. The van der Waals surface area contributed by atoms with Gasteiger partial charge >= 0.3 is 5.97 Å². The first-order chi connectivity index (χ1) is 9.65. The highest BCUT2D eigenvalue weighted by atomic mass is 32.1. The van der Waals surface area contributed by atoms with E-state index in [1.54, 1.807) is 13.2 Å². The van der Waals surface area contributed by atoms with Crippen LogP contribution in [0.2, 0.25) is 0 Å².